The Hall–Kier alpha value is -1.69. The van der Waals surface area contributed by atoms with Gasteiger partial charge >= 0.3 is 0 Å². The number of nitrogens with zero attached hydrogens (tertiary/aromatic N) is 3. The third-order valence-electron chi connectivity index (χ3n) is 4.45. The number of rotatable bonds is 2. The zero-order valence-corrected chi connectivity index (χ0v) is 14.9. The van der Waals surface area contributed by atoms with Crippen molar-refractivity contribution in [3.8, 4) is 0 Å². The Kier molecular flexibility index (Phi) is 4.04. The summed E-state index contributed by atoms with van der Waals surface area (Å²) >= 11 is 1.56. The van der Waals surface area contributed by atoms with Gasteiger partial charge in [0, 0.05) is 24.6 Å². The number of nitro benzene ring substituents is 1. The van der Waals surface area contributed by atoms with Crippen LogP contribution in [-0.4, -0.2) is 23.0 Å². The second-order valence-electron chi connectivity index (χ2n) is 7.50. The Morgan fingerprint density at radius 2 is 1.96 bits per heavy atom. The number of fused-ring (bicyclic) bond motifs is 1. The second kappa shape index (κ2) is 5.74. The van der Waals surface area contributed by atoms with Crippen LogP contribution >= 0.6 is 11.3 Å². The van der Waals surface area contributed by atoms with E-state index in [1.165, 1.54) is 0 Å². The van der Waals surface area contributed by atoms with Gasteiger partial charge in [-0.05, 0) is 24.8 Å². The number of anilines is 1. The summed E-state index contributed by atoms with van der Waals surface area (Å²) in [5.74, 6) is 0.695. The molecule has 0 unspecified atom stereocenters. The molecule has 0 saturated carbocycles. The molecule has 1 aromatic heterocycles. The fourth-order valence-corrected chi connectivity index (χ4v) is 3.96. The monoisotopic (exact) mass is 333 g/mol. The first-order valence-electron chi connectivity index (χ1n) is 8.10. The van der Waals surface area contributed by atoms with Gasteiger partial charge in [-0.3, -0.25) is 10.1 Å². The average molecular weight is 333 g/mol. The fourth-order valence-electron chi connectivity index (χ4n) is 2.92. The molecule has 0 amide bonds. The number of nitro groups is 1. The van der Waals surface area contributed by atoms with Crippen LogP contribution in [0.3, 0.4) is 0 Å². The molecular formula is C17H23N3O2S. The van der Waals surface area contributed by atoms with Gasteiger partial charge in [-0.2, -0.15) is 0 Å². The molecule has 1 aromatic carbocycles. The van der Waals surface area contributed by atoms with Crippen molar-refractivity contribution >= 4 is 32.9 Å². The first-order valence-corrected chi connectivity index (χ1v) is 8.92. The van der Waals surface area contributed by atoms with Crippen molar-refractivity contribution in [2.24, 2.45) is 5.92 Å². The zero-order chi connectivity index (χ0) is 16.8. The van der Waals surface area contributed by atoms with Crippen molar-refractivity contribution in [2.45, 2.75) is 46.0 Å². The molecule has 124 valence electrons. The van der Waals surface area contributed by atoms with E-state index >= 15 is 0 Å². The topological polar surface area (TPSA) is 59.3 Å². The highest BCUT2D eigenvalue weighted by atomic mass is 32.1. The van der Waals surface area contributed by atoms with E-state index in [1.54, 1.807) is 17.4 Å². The Morgan fingerprint density at radius 3 is 2.52 bits per heavy atom. The first kappa shape index (κ1) is 16.2. The average Bonchev–Trinajstić information content (AvgIpc) is 2.89. The third-order valence-corrected chi connectivity index (χ3v) is 5.89. The Bertz CT molecular complexity index is 740. The molecule has 0 aliphatic carbocycles. The van der Waals surface area contributed by atoms with Crippen LogP contribution < -0.4 is 4.90 Å². The predicted molar refractivity (Wildman–Crippen MR) is 95.6 cm³/mol. The summed E-state index contributed by atoms with van der Waals surface area (Å²) in [6, 6.07) is 3.62. The van der Waals surface area contributed by atoms with Crippen LogP contribution in [0, 0.1) is 16.0 Å². The number of piperidine rings is 1. The molecule has 6 heteroatoms. The van der Waals surface area contributed by atoms with Crippen molar-refractivity contribution in [1.29, 1.82) is 0 Å². The lowest BCUT2D eigenvalue weighted by Gasteiger charge is -2.31. The minimum atomic E-state index is -0.261. The lowest BCUT2D eigenvalue weighted by atomic mass is 9.98. The van der Waals surface area contributed by atoms with Crippen molar-refractivity contribution in [3.05, 3.63) is 27.3 Å². The van der Waals surface area contributed by atoms with E-state index in [0.29, 0.717) is 5.92 Å². The summed E-state index contributed by atoms with van der Waals surface area (Å²) in [6.45, 7) is 10.3. The van der Waals surface area contributed by atoms with Crippen molar-refractivity contribution < 1.29 is 4.92 Å². The fraction of sp³-hybridized carbons (Fsp3) is 0.588. The molecule has 0 bridgehead atoms. The minimum Gasteiger partial charge on any atom is -0.366 e. The highest BCUT2D eigenvalue weighted by Gasteiger charge is 2.26. The van der Waals surface area contributed by atoms with Gasteiger partial charge in [-0.15, -0.1) is 11.3 Å². The molecule has 1 aliphatic heterocycles. The van der Waals surface area contributed by atoms with Gasteiger partial charge < -0.3 is 4.90 Å². The Balaban J connectivity index is 2.08. The lowest BCUT2D eigenvalue weighted by molar-refractivity contribution is -0.384. The smallest absolute Gasteiger partial charge is 0.294 e. The molecule has 1 fully saturated rings. The van der Waals surface area contributed by atoms with Gasteiger partial charge in [0.1, 0.15) is 5.69 Å². The minimum absolute atomic E-state index is 0.0425. The predicted octanol–water partition coefficient (Wildman–Crippen LogP) is 4.74. The lowest BCUT2D eigenvalue weighted by Crippen LogP contribution is -2.33. The molecule has 0 atom stereocenters. The highest BCUT2D eigenvalue weighted by molar-refractivity contribution is 7.18. The quantitative estimate of drug-likeness (QED) is 0.588. The standard InChI is InChI=1S/C17H23N3O2S/c1-11-5-7-19(8-6-11)13-9-12-15(10-14(13)20(21)22)23-16(18-12)17(2,3)4/h9-11H,5-8H2,1-4H3. The molecule has 0 spiro atoms. The summed E-state index contributed by atoms with van der Waals surface area (Å²) < 4.78 is 0.899. The highest BCUT2D eigenvalue weighted by Crippen LogP contribution is 2.39. The number of benzene rings is 1. The molecule has 2 heterocycles. The van der Waals surface area contributed by atoms with Gasteiger partial charge in [-0.25, -0.2) is 4.98 Å². The summed E-state index contributed by atoms with van der Waals surface area (Å²) in [6.07, 6.45) is 2.17. The summed E-state index contributed by atoms with van der Waals surface area (Å²) in [5, 5.41) is 12.6. The van der Waals surface area contributed by atoms with E-state index in [1.807, 2.05) is 6.07 Å². The summed E-state index contributed by atoms with van der Waals surface area (Å²) in [7, 11) is 0. The first-order chi connectivity index (χ1) is 10.8. The molecule has 3 rings (SSSR count). The Morgan fingerprint density at radius 1 is 1.30 bits per heavy atom. The second-order valence-corrected chi connectivity index (χ2v) is 8.53. The zero-order valence-electron chi connectivity index (χ0n) is 14.1. The van der Waals surface area contributed by atoms with E-state index in [4.69, 9.17) is 4.98 Å². The SMILES string of the molecule is CC1CCN(c2cc3nc(C(C)(C)C)sc3cc2[N+](=O)[O-])CC1. The van der Waals surface area contributed by atoms with Crippen LogP contribution in [0.25, 0.3) is 10.2 Å². The van der Waals surface area contributed by atoms with E-state index in [-0.39, 0.29) is 16.0 Å². The maximum Gasteiger partial charge on any atom is 0.294 e. The largest absolute Gasteiger partial charge is 0.366 e. The van der Waals surface area contributed by atoms with E-state index in [9.17, 15) is 10.1 Å². The van der Waals surface area contributed by atoms with Crippen LogP contribution in [0.4, 0.5) is 11.4 Å². The van der Waals surface area contributed by atoms with Crippen LogP contribution in [0.2, 0.25) is 0 Å². The molecule has 0 radical (unpaired) electrons. The van der Waals surface area contributed by atoms with Gasteiger partial charge in [0.25, 0.3) is 5.69 Å². The van der Waals surface area contributed by atoms with Crippen LogP contribution in [0.5, 0.6) is 0 Å². The summed E-state index contributed by atoms with van der Waals surface area (Å²) in [4.78, 5) is 18.1. The number of hydrogen-bond donors (Lipinski definition) is 0. The van der Waals surface area contributed by atoms with Gasteiger partial charge in [0.15, 0.2) is 0 Å². The van der Waals surface area contributed by atoms with Crippen molar-refractivity contribution in [3.63, 3.8) is 0 Å². The third kappa shape index (κ3) is 3.17. The molecular weight excluding hydrogens is 310 g/mol. The maximum atomic E-state index is 11.5. The Labute approximate surface area is 140 Å². The number of thiazole rings is 1. The van der Waals surface area contributed by atoms with Gasteiger partial charge in [0.2, 0.25) is 0 Å². The van der Waals surface area contributed by atoms with Gasteiger partial charge in [-0.1, -0.05) is 27.7 Å². The van der Waals surface area contributed by atoms with Crippen molar-refractivity contribution in [2.75, 3.05) is 18.0 Å². The van der Waals surface area contributed by atoms with Crippen LogP contribution in [0.1, 0.15) is 45.5 Å². The molecule has 0 N–H and O–H groups in total. The summed E-state index contributed by atoms with van der Waals surface area (Å²) in [5.41, 5.74) is 1.76. The molecule has 1 saturated heterocycles. The number of aromatic nitrogens is 1. The van der Waals surface area contributed by atoms with E-state index in [0.717, 1.165) is 46.8 Å². The number of hydrogen-bond acceptors (Lipinski definition) is 5. The molecule has 2 aromatic rings. The van der Waals surface area contributed by atoms with E-state index in [2.05, 4.69) is 32.6 Å². The van der Waals surface area contributed by atoms with Crippen molar-refractivity contribution in [1.82, 2.24) is 4.98 Å². The molecule has 1 aliphatic rings. The van der Waals surface area contributed by atoms with Crippen LogP contribution in [0.15, 0.2) is 12.1 Å². The van der Waals surface area contributed by atoms with Crippen LogP contribution in [-0.2, 0) is 5.41 Å². The van der Waals surface area contributed by atoms with Gasteiger partial charge in [0.05, 0.1) is 20.1 Å². The maximum absolute atomic E-state index is 11.5. The van der Waals surface area contributed by atoms with E-state index < -0.39 is 0 Å². The normalized spacial score (nSPS) is 17.0. The molecule has 23 heavy (non-hydrogen) atoms. The molecule has 5 nitrogen and oxygen atoms in total.